The summed E-state index contributed by atoms with van der Waals surface area (Å²) < 4.78 is 5.41. The zero-order chi connectivity index (χ0) is 14.4. The molecule has 1 fully saturated rings. The van der Waals surface area contributed by atoms with E-state index in [0.29, 0.717) is 6.04 Å². The van der Waals surface area contributed by atoms with E-state index in [1.54, 1.807) is 6.26 Å². The topological polar surface area (TPSA) is 25.2 Å². The van der Waals surface area contributed by atoms with E-state index in [4.69, 9.17) is 4.42 Å². The first-order valence-corrected chi connectivity index (χ1v) is 8.43. The number of furan rings is 1. The van der Waals surface area contributed by atoms with Crippen LogP contribution in [0, 0.1) is 11.8 Å². The summed E-state index contributed by atoms with van der Waals surface area (Å²) in [6.45, 7) is 7.07. The minimum absolute atomic E-state index is 0.584. The fraction of sp³-hybridized carbons (Fsp3) is 0.778. The van der Waals surface area contributed by atoms with Crippen LogP contribution in [0.15, 0.2) is 22.8 Å². The lowest BCUT2D eigenvalue weighted by Gasteiger charge is -2.22. The molecule has 0 saturated heterocycles. The van der Waals surface area contributed by atoms with Crippen molar-refractivity contribution in [1.82, 2.24) is 5.32 Å². The monoisotopic (exact) mass is 277 g/mol. The molecule has 0 spiro atoms. The highest BCUT2D eigenvalue weighted by atomic mass is 16.3. The second kappa shape index (κ2) is 7.87. The summed E-state index contributed by atoms with van der Waals surface area (Å²) in [5.41, 5.74) is 0. The van der Waals surface area contributed by atoms with Crippen molar-refractivity contribution in [2.24, 2.45) is 11.8 Å². The highest BCUT2D eigenvalue weighted by Crippen LogP contribution is 2.29. The lowest BCUT2D eigenvalue weighted by molar-refractivity contribution is 0.333. The molecule has 0 aliphatic heterocycles. The van der Waals surface area contributed by atoms with Crippen molar-refractivity contribution in [2.45, 2.75) is 77.8 Å². The van der Waals surface area contributed by atoms with Crippen LogP contribution in [0.5, 0.6) is 0 Å². The van der Waals surface area contributed by atoms with Crippen molar-refractivity contribution in [3.63, 3.8) is 0 Å². The minimum Gasteiger partial charge on any atom is -0.469 e. The quantitative estimate of drug-likeness (QED) is 0.756. The number of nitrogens with one attached hydrogen (secondary N) is 1. The van der Waals surface area contributed by atoms with Gasteiger partial charge in [-0.3, -0.25) is 0 Å². The van der Waals surface area contributed by atoms with Crippen molar-refractivity contribution in [3.05, 3.63) is 24.2 Å². The van der Waals surface area contributed by atoms with Crippen LogP contribution in [-0.2, 0) is 6.42 Å². The van der Waals surface area contributed by atoms with E-state index in [1.165, 1.54) is 32.1 Å². The van der Waals surface area contributed by atoms with Gasteiger partial charge in [0.2, 0.25) is 0 Å². The van der Waals surface area contributed by atoms with Crippen molar-refractivity contribution in [1.29, 1.82) is 0 Å². The Balaban J connectivity index is 1.69. The first-order chi connectivity index (χ1) is 9.65. The molecule has 2 nitrogen and oxygen atoms in total. The Morgan fingerprint density at radius 3 is 2.75 bits per heavy atom. The molecule has 0 bridgehead atoms. The van der Waals surface area contributed by atoms with Crippen molar-refractivity contribution >= 4 is 0 Å². The van der Waals surface area contributed by atoms with E-state index in [2.05, 4.69) is 32.2 Å². The van der Waals surface area contributed by atoms with Gasteiger partial charge in [-0.15, -0.1) is 0 Å². The molecule has 0 radical (unpaired) electrons. The summed E-state index contributed by atoms with van der Waals surface area (Å²) in [5, 5.41) is 3.84. The van der Waals surface area contributed by atoms with E-state index in [-0.39, 0.29) is 0 Å². The van der Waals surface area contributed by atoms with Gasteiger partial charge < -0.3 is 9.73 Å². The van der Waals surface area contributed by atoms with Crippen LogP contribution >= 0.6 is 0 Å². The van der Waals surface area contributed by atoms with Gasteiger partial charge >= 0.3 is 0 Å². The molecule has 1 aromatic rings. The lowest BCUT2D eigenvalue weighted by atomic mass is 9.89. The first kappa shape index (κ1) is 15.6. The van der Waals surface area contributed by atoms with Gasteiger partial charge in [0, 0.05) is 18.5 Å². The average molecular weight is 277 g/mol. The van der Waals surface area contributed by atoms with Gasteiger partial charge in [0.25, 0.3) is 0 Å². The van der Waals surface area contributed by atoms with Gasteiger partial charge in [-0.1, -0.05) is 26.7 Å². The largest absolute Gasteiger partial charge is 0.469 e. The number of hydrogen-bond acceptors (Lipinski definition) is 2. The standard InChI is InChI=1S/C18H31NO/c1-14(2)16-6-4-7-17(11-10-16)19-15(3)9-12-18-8-5-13-20-18/h5,8,13-17,19H,4,6-7,9-12H2,1-3H3. The summed E-state index contributed by atoms with van der Waals surface area (Å²) in [5.74, 6) is 2.91. The molecule has 1 aromatic heterocycles. The highest BCUT2D eigenvalue weighted by Gasteiger charge is 2.21. The third-order valence-electron chi connectivity index (χ3n) is 4.88. The molecule has 20 heavy (non-hydrogen) atoms. The maximum absolute atomic E-state index is 5.41. The molecule has 1 saturated carbocycles. The van der Waals surface area contributed by atoms with Crippen LogP contribution in [0.4, 0.5) is 0 Å². The van der Waals surface area contributed by atoms with E-state index in [1.807, 2.05) is 6.07 Å². The zero-order valence-electron chi connectivity index (χ0n) is 13.4. The maximum atomic E-state index is 5.41. The maximum Gasteiger partial charge on any atom is 0.103 e. The molecule has 114 valence electrons. The molecule has 0 aromatic carbocycles. The Hall–Kier alpha value is -0.760. The second-order valence-electron chi connectivity index (χ2n) is 6.90. The highest BCUT2D eigenvalue weighted by molar-refractivity contribution is 4.98. The number of rotatable bonds is 6. The fourth-order valence-corrected chi connectivity index (χ4v) is 3.46. The third kappa shape index (κ3) is 4.97. The Bertz CT molecular complexity index is 358. The van der Waals surface area contributed by atoms with Crippen LogP contribution in [-0.4, -0.2) is 12.1 Å². The predicted octanol–water partition coefficient (Wildman–Crippen LogP) is 4.80. The van der Waals surface area contributed by atoms with Gasteiger partial charge in [0.05, 0.1) is 6.26 Å². The Morgan fingerprint density at radius 2 is 2.05 bits per heavy atom. The molecule has 1 aliphatic carbocycles. The smallest absolute Gasteiger partial charge is 0.103 e. The molecule has 3 unspecified atom stereocenters. The number of aryl methyl sites for hydroxylation is 1. The van der Waals surface area contributed by atoms with Crippen LogP contribution in [0.3, 0.4) is 0 Å². The normalized spacial score (nSPS) is 25.6. The summed E-state index contributed by atoms with van der Waals surface area (Å²) in [7, 11) is 0. The molecule has 3 atom stereocenters. The van der Waals surface area contributed by atoms with Gasteiger partial charge in [0.15, 0.2) is 0 Å². The third-order valence-corrected chi connectivity index (χ3v) is 4.88. The summed E-state index contributed by atoms with van der Waals surface area (Å²) in [6, 6.07) is 5.36. The van der Waals surface area contributed by atoms with E-state index in [9.17, 15) is 0 Å². The van der Waals surface area contributed by atoms with Crippen molar-refractivity contribution in [3.8, 4) is 0 Å². The molecule has 1 heterocycles. The van der Waals surface area contributed by atoms with Gasteiger partial charge in [-0.05, 0) is 56.6 Å². The zero-order valence-corrected chi connectivity index (χ0v) is 13.4. The van der Waals surface area contributed by atoms with Gasteiger partial charge in [-0.25, -0.2) is 0 Å². The first-order valence-electron chi connectivity index (χ1n) is 8.43. The van der Waals surface area contributed by atoms with Gasteiger partial charge in [-0.2, -0.15) is 0 Å². The van der Waals surface area contributed by atoms with E-state index < -0.39 is 0 Å². The number of hydrogen-bond donors (Lipinski definition) is 1. The van der Waals surface area contributed by atoms with Crippen LogP contribution in [0.2, 0.25) is 0 Å². The van der Waals surface area contributed by atoms with E-state index >= 15 is 0 Å². The predicted molar refractivity (Wildman–Crippen MR) is 84.8 cm³/mol. The molecule has 1 aliphatic rings. The summed E-state index contributed by atoms with van der Waals surface area (Å²) >= 11 is 0. The van der Waals surface area contributed by atoms with Crippen LogP contribution in [0.1, 0.15) is 65.1 Å². The Labute approximate surface area is 124 Å². The molecular formula is C18H31NO. The lowest BCUT2D eigenvalue weighted by Crippen LogP contribution is -2.36. The molecule has 2 rings (SSSR count). The van der Waals surface area contributed by atoms with Crippen molar-refractivity contribution < 1.29 is 4.42 Å². The molecular weight excluding hydrogens is 246 g/mol. The minimum atomic E-state index is 0.584. The Kier molecular flexibility index (Phi) is 6.15. The Morgan fingerprint density at radius 1 is 1.20 bits per heavy atom. The van der Waals surface area contributed by atoms with Gasteiger partial charge in [0.1, 0.15) is 5.76 Å². The summed E-state index contributed by atoms with van der Waals surface area (Å²) in [4.78, 5) is 0. The average Bonchev–Trinajstić information content (AvgIpc) is 2.82. The molecule has 0 amide bonds. The fourth-order valence-electron chi connectivity index (χ4n) is 3.46. The SMILES string of the molecule is CC(CCc1ccco1)NC1CCCC(C(C)C)CC1. The molecule has 2 heteroatoms. The summed E-state index contributed by atoms with van der Waals surface area (Å²) in [6.07, 6.45) is 10.9. The molecule has 1 N–H and O–H groups in total. The second-order valence-corrected chi connectivity index (χ2v) is 6.90. The van der Waals surface area contributed by atoms with Crippen LogP contribution < -0.4 is 5.32 Å². The van der Waals surface area contributed by atoms with Crippen LogP contribution in [0.25, 0.3) is 0 Å². The van der Waals surface area contributed by atoms with E-state index in [0.717, 1.165) is 36.5 Å². The van der Waals surface area contributed by atoms with Crippen molar-refractivity contribution in [2.75, 3.05) is 0 Å².